The monoisotopic (exact) mass is 361 g/mol. The van der Waals surface area contributed by atoms with E-state index in [2.05, 4.69) is 16.3 Å². The first kappa shape index (κ1) is 17.7. The van der Waals surface area contributed by atoms with E-state index in [4.69, 9.17) is 16.3 Å². The maximum Gasteiger partial charge on any atom is 0.270 e. The van der Waals surface area contributed by atoms with Gasteiger partial charge in [0, 0.05) is 43.9 Å². The molecule has 0 aromatic heterocycles. The normalized spacial score (nSPS) is 18.1. The van der Waals surface area contributed by atoms with Crippen molar-refractivity contribution in [2.75, 3.05) is 26.7 Å². The number of non-ortho nitro benzene ring substituents is 1. The number of ether oxygens (including phenoxy) is 1. The van der Waals surface area contributed by atoms with E-state index in [9.17, 15) is 10.1 Å². The molecule has 0 saturated carbocycles. The molecule has 0 aliphatic carbocycles. The first-order chi connectivity index (χ1) is 12.1. The Hall–Kier alpha value is -2.15. The summed E-state index contributed by atoms with van der Waals surface area (Å²) >= 11 is 6.27. The van der Waals surface area contributed by atoms with E-state index in [1.54, 1.807) is 13.2 Å². The number of nitro benzene ring substituents is 1. The first-order valence-corrected chi connectivity index (χ1v) is 8.48. The molecule has 1 fully saturated rings. The molecular weight excluding hydrogens is 342 g/mol. The van der Waals surface area contributed by atoms with Crippen LogP contribution >= 0.6 is 11.6 Å². The molecule has 0 bridgehead atoms. The van der Waals surface area contributed by atoms with Gasteiger partial charge in [0.15, 0.2) is 0 Å². The third-order valence-electron chi connectivity index (χ3n) is 4.47. The third-order valence-corrected chi connectivity index (χ3v) is 4.82. The minimum Gasteiger partial charge on any atom is -0.496 e. The zero-order chi connectivity index (χ0) is 17.8. The number of rotatable bonds is 5. The second kappa shape index (κ2) is 7.82. The van der Waals surface area contributed by atoms with Crippen molar-refractivity contribution in [1.29, 1.82) is 0 Å². The largest absolute Gasteiger partial charge is 0.496 e. The summed E-state index contributed by atoms with van der Waals surface area (Å²) in [5, 5.41) is 14.7. The number of hydrogen-bond acceptors (Lipinski definition) is 5. The number of nitrogens with one attached hydrogen (secondary N) is 1. The quantitative estimate of drug-likeness (QED) is 0.653. The van der Waals surface area contributed by atoms with Gasteiger partial charge in [-0.2, -0.15) is 0 Å². The molecule has 6 nitrogen and oxygen atoms in total. The maximum atomic E-state index is 10.9. The molecule has 1 atom stereocenters. The Morgan fingerprint density at radius 3 is 2.88 bits per heavy atom. The zero-order valence-corrected chi connectivity index (χ0v) is 14.7. The van der Waals surface area contributed by atoms with Crippen LogP contribution in [-0.4, -0.2) is 36.6 Å². The smallest absolute Gasteiger partial charge is 0.270 e. The molecule has 1 unspecified atom stereocenters. The predicted octanol–water partition coefficient (Wildman–Crippen LogP) is 3.40. The summed E-state index contributed by atoms with van der Waals surface area (Å²) in [5.41, 5.74) is 2.01. The number of benzene rings is 2. The van der Waals surface area contributed by atoms with Gasteiger partial charge in [0.05, 0.1) is 23.1 Å². The lowest BCUT2D eigenvalue weighted by atomic mass is 10.0. The molecule has 2 aromatic rings. The van der Waals surface area contributed by atoms with Crippen LogP contribution in [0.4, 0.5) is 5.69 Å². The number of nitro groups is 1. The number of methoxy groups -OCH3 is 1. The molecule has 0 amide bonds. The van der Waals surface area contributed by atoms with Crippen LogP contribution in [0.25, 0.3) is 0 Å². The van der Waals surface area contributed by atoms with Crippen LogP contribution in [0, 0.1) is 10.1 Å². The minimum atomic E-state index is -0.432. The fourth-order valence-corrected chi connectivity index (χ4v) is 3.42. The van der Waals surface area contributed by atoms with Gasteiger partial charge in [-0.25, -0.2) is 0 Å². The van der Waals surface area contributed by atoms with Gasteiger partial charge in [-0.15, -0.1) is 0 Å². The average Bonchev–Trinajstić information content (AvgIpc) is 2.63. The summed E-state index contributed by atoms with van der Waals surface area (Å²) < 4.78 is 5.51. The minimum absolute atomic E-state index is 0.00957. The molecule has 132 valence electrons. The first-order valence-electron chi connectivity index (χ1n) is 8.10. The van der Waals surface area contributed by atoms with Gasteiger partial charge >= 0.3 is 0 Å². The SMILES string of the molecule is COc1ccccc1C1CNCCN1Cc1ccc([N+](=O)[O-])cc1Cl. The highest BCUT2D eigenvalue weighted by Gasteiger charge is 2.26. The van der Waals surface area contributed by atoms with E-state index >= 15 is 0 Å². The number of para-hydroxylation sites is 1. The van der Waals surface area contributed by atoms with E-state index in [1.165, 1.54) is 12.1 Å². The molecule has 7 heteroatoms. The van der Waals surface area contributed by atoms with Crippen LogP contribution in [0.15, 0.2) is 42.5 Å². The molecule has 0 spiro atoms. The lowest BCUT2D eigenvalue weighted by molar-refractivity contribution is -0.384. The van der Waals surface area contributed by atoms with Crippen molar-refractivity contribution in [2.24, 2.45) is 0 Å². The van der Waals surface area contributed by atoms with Gasteiger partial charge in [-0.3, -0.25) is 15.0 Å². The fraction of sp³-hybridized carbons (Fsp3) is 0.333. The van der Waals surface area contributed by atoms with E-state index in [0.717, 1.165) is 36.5 Å². The fourth-order valence-electron chi connectivity index (χ4n) is 3.18. The summed E-state index contributed by atoms with van der Waals surface area (Å²) in [6, 6.07) is 12.8. The summed E-state index contributed by atoms with van der Waals surface area (Å²) in [4.78, 5) is 12.8. The van der Waals surface area contributed by atoms with Crippen molar-refractivity contribution in [3.05, 3.63) is 68.7 Å². The summed E-state index contributed by atoms with van der Waals surface area (Å²) in [6.45, 7) is 3.18. The average molecular weight is 362 g/mol. The number of hydrogen-bond donors (Lipinski definition) is 1. The molecule has 2 aromatic carbocycles. The van der Waals surface area contributed by atoms with Crippen molar-refractivity contribution >= 4 is 17.3 Å². The topological polar surface area (TPSA) is 67.6 Å². The van der Waals surface area contributed by atoms with Gasteiger partial charge in [0.1, 0.15) is 5.75 Å². The van der Waals surface area contributed by atoms with Crippen molar-refractivity contribution < 1.29 is 9.66 Å². The number of halogens is 1. The van der Waals surface area contributed by atoms with Crippen LogP contribution in [0.2, 0.25) is 5.02 Å². The zero-order valence-electron chi connectivity index (χ0n) is 13.9. The van der Waals surface area contributed by atoms with Crippen LogP contribution in [-0.2, 0) is 6.54 Å². The van der Waals surface area contributed by atoms with Crippen LogP contribution in [0.1, 0.15) is 17.2 Å². The van der Waals surface area contributed by atoms with Gasteiger partial charge in [0.2, 0.25) is 0 Å². The molecule has 1 N–H and O–H groups in total. The molecule has 25 heavy (non-hydrogen) atoms. The maximum absolute atomic E-state index is 10.9. The Labute approximate surface area is 151 Å². The van der Waals surface area contributed by atoms with Crippen LogP contribution in [0.3, 0.4) is 0 Å². The number of piperazine rings is 1. The van der Waals surface area contributed by atoms with Gasteiger partial charge < -0.3 is 10.1 Å². The highest BCUT2D eigenvalue weighted by molar-refractivity contribution is 6.31. The Kier molecular flexibility index (Phi) is 5.53. The van der Waals surface area contributed by atoms with Crippen LogP contribution < -0.4 is 10.1 Å². The van der Waals surface area contributed by atoms with E-state index < -0.39 is 4.92 Å². The van der Waals surface area contributed by atoms with Crippen molar-refractivity contribution in [3.8, 4) is 5.75 Å². The second-order valence-electron chi connectivity index (χ2n) is 5.97. The summed E-state index contributed by atoms with van der Waals surface area (Å²) in [6.07, 6.45) is 0. The van der Waals surface area contributed by atoms with E-state index in [0.29, 0.717) is 11.6 Å². The molecule has 1 saturated heterocycles. The van der Waals surface area contributed by atoms with E-state index in [-0.39, 0.29) is 11.7 Å². The van der Waals surface area contributed by atoms with Crippen LogP contribution in [0.5, 0.6) is 5.75 Å². The van der Waals surface area contributed by atoms with E-state index in [1.807, 2.05) is 18.2 Å². The Morgan fingerprint density at radius 2 is 2.16 bits per heavy atom. The number of nitrogens with zero attached hydrogens (tertiary/aromatic N) is 2. The Bertz CT molecular complexity index is 769. The third kappa shape index (κ3) is 3.92. The lowest BCUT2D eigenvalue weighted by Gasteiger charge is -2.37. The Morgan fingerprint density at radius 1 is 1.36 bits per heavy atom. The molecule has 0 radical (unpaired) electrons. The summed E-state index contributed by atoms with van der Waals surface area (Å²) in [5.74, 6) is 0.857. The van der Waals surface area contributed by atoms with Crippen molar-refractivity contribution in [1.82, 2.24) is 10.2 Å². The lowest BCUT2D eigenvalue weighted by Crippen LogP contribution is -2.45. The molecule has 1 heterocycles. The molecule has 1 aliphatic rings. The van der Waals surface area contributed by atoms with Crippen molar-refractivity contribution in [3.63, 3.8) is 0 Å². The highest BCUT2D eigenvalue weighted by Crippen LogP contribution is 2.32. The molecule has 1 aliphatic heterocycles. The highest BCUT2D eigenvalue weighted by atomic mass is 35.5. The Balaban J connectivity index is 1.86. The molecule has 3 rings (SSSR count). The standard InChI is InChI=1S/C18H20ClN3O3/c1-25-18-5-3-2-4-15(18)17-11-20-8-9-21(17)12-13-6-7-14(22(23)24)10-16(13)19/h2-7,10,17,20H,8-9,11-12H2,1H3. The molecular formula is C18H20ClN3O3. The predicted molar refractivity (Wildman–Crippen MR) is 97.1 cm³/mol. The summed E-state index contributed by atoms with van der Waals surface area (Å²) in [7, 11) is 1.67. The van der Waals surface area contributed by atoms with Crippen molar-refractivity contribution in [2.45, 2.75) is 12.6 Å². The second-order valence-corrected chi connectivity index (χ2v) is 6.37. The van der Waals surface area contributed by atoms with Gasteiger partial charge in [0.25, 0.3) is 5.69 Å². The van der Waals surface area contributed by atoms with Gasteiger partial charge in [-0.1, -0.05) is 29.8 Å². The van der Waals surface area contributed by atoms with Gasteiger partial charge in [-0.05, 0) is 17.7 Å².